The molecule has 0 aromatic heterocycles. The summed E-state index contributed by atoms with van der Waals surface area (Å²) < 4.78 is 0. The summed E-state index contributed by atoms with van der Waals surface area (Å²) in [4.78, 5) is 9.80. The van der Waals surface area contributed by atoms with Crippen LogP contribution in [0.1, 0.15) is 39.0 Å². The second-order valence-electron chi connectivity index (χ2n) is 6.82. The number of nitrogens with one attached hydrogen (secondary N) is 2. The van der Waals surface area contributed by atoms with E-state index in [-0.39, 0.29) is 0 Å². The normalized spacial score (nSPS) is 25.2. The minimum Gasteiger partial charge on any atom is -0.357 e. The molecule has 0 aromatic carbocycles. The van der Waals surface area contributed by atoms with Crippen molar-refractivity contribution < 1.29 is 0 Å². The number of nitrogens with zero attached hydrogens (tertiary/aromatic N) is 3. The third kappa shape index (κ3) is 6.53. The Morgan fingerprint density at radius 3 is 2.64 bits per heavy atom. The van der Waals surface area contributed by atoms with Gasteiger partial charge < -0.3 is 20.4 Å². The number of hydrogen-bond acceptors (Lipinski definition) is 3. The van der Waals surface area contributed by atoms with E-state index in [1.165, 1.54) is 58.3 Å². The molecule has 2 heterocycles. The molecule has 2 aliphatic rings. The largest absolute Gasteiger partial charge is 0.357 e. The SMILES string of the molecule is CCNC(=NCC1CCCN(C)C1)NCCN1CCCCC1. The molecule has 0 amide bonds. The average Bonchev–Trinajstić information content (AvgIpc) is 2.54. The van der Waals surface area contributed by atoms with Crippen LogP contribution in [0.2, 0.25) is 0 Å². The van der Waals surface area contributed by atoms with Crippen LogP contribution in [0, 0.1) is 5.92 Å². The van der Waals surface area contributed by atoms with Gasteiger partial charge in [-0.1, -0.05) is 6.42 Å². The van der Waals surface area contributed by atoms with Crippen LogP contribution >= 0.6 is 0 Å². The van der Waals surface area contributed by atoms with E-state index in [1.807, 2.05) is 0 Å². The molecule has 2 N–H and O–H groups in total. The van der Waals surface area contributed by atoms with Gasteiger partial charge in [0, 0.05) is 32.7 Å². The van der Waals surface area contributed by atoms with E-state index < -0.39 is 0 Å². The molecule has 22 heavy (non-hydrogen) atoms. The smallest absolute Gasteiger partial charge is 0.191 e. The van der Waals surface area contributed by atoms with Crippen molar-refractivity contribution in [1.82, 2.24) is 20.4 Å². The highest BCUT2D eigenvalue weighted by Crippen LogP contribution is 2.15. The van der Waals surface area contributed by atoms with E-state index >= 15 is 0 Å². The lowest BCUT2D eigenvalue weighted by molar-refractivity contribution is 0.214. The van der Waals surface area contributed by atoms with Gasteiger partial charge in [-0.2, -0.15) is 0 Å². The highest BCUT2D eigenvalue weighted by molar-refractivity contribution is 5.79. The van der Waals surface area contributed by atoms with Crippen molar-refractivity contribution in [3.63, 3.8) is 0 Å². The Labute approximate surface area is 136 Å². The first-order valence-electron chi connectivity index (χ1n) is 9.21. The Morgan fingerprint density at radius 2 is 1.91 bits per heavy atom. The van der Waals surface area contributed by atoms with Crippen LogP contribution in [-0.2, 0) is 0 Å². The molecule has 2 rings (SSSR count). The Balaban J connectivity index is 1.69. The molecule has 1 atom stereocenters. The predicted molar refractivity (Wildman–Crippen MR) is 94.5 cm³/mol. The molecule has 0 radical (unpaired) electrons. The Bertz CT molecular complexity index is 325. The second-order valence-corrected chi connectivity index (χ2v) is 6.82. The zero-order chi connectivity index (χ0) is 15.6. The van der Waals surface area contributed by atoms with Gasteiger partial charge in [0.1, 0.15) is 0 Å². The van der Waals surface area contributed by atoms with E-state index in [2.05, 4.69) is 34.4 Å². The highest BCUT2D eigenvalue weighted by atomic mass is 15.2. The maximum Gasteiger partial charge on any atom is 0.191 e. The number of likely N-dealkylation sites (tertiary alicyclic amines) is 2. The molecule has 5 nitrogen and oxygen atoms in total. The van der Waals surface area contributed by atoms with Crippen molar-refractivity contribution in [2.24, 2.45) is 10.9 Å². The number of hydrogen-bond donors (Lipinski definition) is 2. The molecular weight excluding hydrogens is 274 g/mol. The third-order valence-electron chi connectivity index (χ3n) is 4.74. The first-order valence-corrected chi connectivity index (χ1v) is 9.21. The lowest BCUT2D eigenvalue weighted by Crippen LogP contribution is -2.43. The molecule has 128 valence electrons. The van der Waals surface area contributed by atoms with Crippen LogP contribution < -0.4 is 10.6 Å². The van der Waals surface area contributed by atoms with E-state index in [1.54, 1.807) is 0 Å². The Hall–Kier alpha value is -0.810. The van der Waals surface area contributed by atoms with Gasteiger partial charge in [0.25, 0.3) is 0 Å². The maximum atomic E-state index is 4.80. The highest BCUT2D eigenvalue weighted by Gasteiger charge is 2.16. The fourth-order valence-electron chi connectivity index (χ4n) is 3.50. The minimum absolute atomic E-state index is 0.719. The van der Waals surface area contributed by atoms with Crippen molar-refractivity contribution in [1.29, 1.82) is 0 Å². The van der Waals surface area contributed by atoms with Crippen molar-refractivity contribution in [2.45, 2.75) is 39.0 Å². The third-order valence-corrected chi connectivity index (χ3v) is 4.74. The Kier molecular flexibility index (Phi) is 8.02. The second kappa shape index (κ2) is 10.1. The van der Waals surface area contributed by atoms with Crippen molar-refractivity contribution in [3.05, 3.63) is 0 Å². The van der Waals surface area contributed by atoms with Crippen LogP contribution in [0.3, 0.4) is 0 Å². The average molecular weight is 310 g/mol. The standard InChI is InChI=1S/C17H35N5/c1-3-18-17(19-9-13-22-11-5-4-6-12-22)20-14-16-8-7-10-21(2)15-16/h16H,3-15H2,1-2H3,(H2,18,19,20). The van der Waals surface area contributed by atoms with Gasteiger partial charge in [-0.05, 0) is 65.2 Å². The molecule has 1 unspecified atom stereocenters. The lowest BCUT2D eigenvalue weighted by atomic mass is 9.99. The molecule has 2 aliphatic heterocycles. The number of rotatable bonds is 6. The van der Waals surface area contributed by atoms with Crippen molar-refractivity contribution in [3.8, 4) is 0 Å². The first kappa shape index (κ1) is 17.5. The molecular formula is C17H35N5. The van der Waals surface area contributed by atoms with E-state index in [0.717, 1.165) is 38.1 Å². The number of aliphatic imine (C=N–C) groups is 1. The van der Waals surface area contributed by atoms with Crippen LogP contribution in [0.4, 0.5) is 0 Å². The molecule has 2 fully saturated rings. The molecule has 0 aliphatic carbocycles. The molecule has 0 bridgehead atoms. The summed E-state index contributed by atoms with van der Waals surface area (Å²) in [5.74, 6) is 1.71. The van der Waals surface area contributed by atoms with Gasteiger partial charge in [0.2, 0.25) is 0 Å². The predicted octanol–water partition coefficient (Wildman–Crippen LogP) is 1.37. The monoisotopic (exact) mass is 309 g/mol. The summed E-state index contributed by atoms with van der Waals surface area (Å²) in [5, 5.41) is 6.88. The summed E-state index contributed by atoms with van der Waals surface area (Å²) in [6.45, 7) is 11.1. The van der Waals surface area contributed by atoms with Gasteiger partial charge in [-0.25, -0.2) is 0 Å². The quantitative estimate of drug-likeness (QED) is 0.574. The number of guanidine groups is 1. The molecule has 2 saturated heterocycles. The summed E-state index contributed by atoms with van der Waals surface area (Å²) in [5.41, 5.74) is 0. The molecule has 0 spiro atoms. The molecule has 0 saturated carbocycles. The first-order chi connectivity index (χ1) is 10.8. The summed E-state index contributed by atoms with van der Waals surface area (Å²) in [7, 11) is 2.22. The van der Waals surface area contributed by atoms with Gasteiger partial charge in [0.15, 0.2) is 5.96 Å². The maximum absolute atomic E-state index is 4.80. The van der Waals surface area contributed by atoms with E-state index in [0.29, 0.717) is 0 Å². The van der Waals surface area contributed by atoms with E-state index in [9.17, 15) is 0 Å². The fourth-order valence-corrected chi connectivity index (χ4v) is 3.50. The summed E-state index contributed by atoms with van der Waals surface area (Å²) >= 11 is 0. The van der Waals surface area contributed by atoms with Crippen LogP contribution in [0.15, 0.2) is 4.99 Å². The van der Waals surface area contributed by atoms with Gasteiger partial charge in [0.05, 0.1) is 0 Å². The summed E-state index contributed by atoms with van der Waals surface area (Å²) in [6, 6.07) is 0. The summed E-state index contributed by atoms with van der Waals surface area (Å²) in [6.07, 6.45) is 6.77. The number of piperidine rings is 2. The topological polar surface area (TPSA) is 42.9 Å². The lowest BCUT2D eigenvalue weighted by Gasteiger charge is -2.29. The van der Waals surface area contributed by atoms with Crippen LogP contribution in [0.25, 0.3) is 0 Å². The van der Waals surface area contributed by atoms with Crippen molar-refractivity contribution in [2.75, 3.05) is 59.4 Å². The zero-order valence-corrected chi connectivity index (χ0v) is 14.6. The fraction of sp³-hybridized carbons (Fsp3) is 0.941. The Morgan fingerprint density at radius 1 is 1.09 bits per heavy atom. The van der Waals surface area contributed by atoms with Crippen LogP contribution in [-0.4, -0.2) is 75.2 Å². The minimum atomic E-state index is 0.719. The van der Waals surface area contributed by atoms with E-state index in [4.69, 9.17) is 4.99 Å². The molecule has 5 heteroatoms. The zero-order valence-electron chi connectivity index (χ0n) is 14.6. The van der Waals surface area contributed by atoms with Gasteiger partial charge >= 0.3 is 0 Å². The van der Waals surface area contributed by atoms with Gasteiger partial charge in [-0.15, -0.1) is 0 Å². The molecule has 0 aromatic rings. The van der Waals surface area contributed by atoms with Crippen molar-refractivity contribution >= 4 is 5.96 Å². The van der Waals surface area contributed by atoms with Crippen LogP contribution in [0.5, 0.6) is 0 Å². The van der Waals surface area contributed by atoms with Gasteiger partial charge in [-0.3, -0.25) is 4.99 Å².